The lowest BCUT2D eigenvalue weighted by molar-refractivity contribution is -0.125. The van der Waals surface area contributed by atoms with E-state index in [0.717, 1.165) is 45.6 Å². The highest BCUT2D eigenvalue weighted by Gasteiger charge is 2.20. The lowest BCUT2D eigenvalue weighted by Gasteiger charge is -2.34. The summed E-state index contributed by atoms with van der Waals surface area (Å²) in [5.41, 5.74) is 1.50. The van der Waals surface area contributed by atoms with Crippen molar-refractivity contribution in [1.29, 1.82) is 0 Å². The number of hydrogen-bond donors (Lipinski definition) is 2. The Morgan fingerprint density at radius 3 is 2.31 bits per heavy atom. The van der Waals surface area contributed by atoms with Gasteiger partial charge in [-0.25, -0.2) is 0 Å². The maximum Gasteiger partial charge on any atom is 0.234 e. The molecule has 6 nitrogen and oxygen atoms in total. The molecule has 0 aromatic heterocycles. The minimum absolute atomic E-state index is 0.0996. The van der Waals surface area contributed by atoms with Gasteiger partial charge in [0.25, 0.3) is 0 Å². The molecule has 2 amide bonds. The Balaban J connectivity index is 1.56. The number of piperazine rings is 1. The summed E-state index contributed by atoms with van der Waals surface area (Å²) in [4.78, 5) is 28.4. The molecule has 0 aromatic rings. The molecule has 2 aliphatic rings. The fourth-order valence-electron chi connectivity index (χ4n) is 3.48. The van der Waals surface area contributed by atoms with Crippen molar-refractivity contribution in [1.82, 2.24) is 20.4 Å². The Morgan fingerprint density at radius 1 is 1.08 bits per heavy atom. The highest BCUT2D eigenvalue weighted by molar-refractivity contribution is 5.78. The van der Waals surface area contributed by atoms with Gasteiger partial charge in [0.1, 0.15) is 0 Å². The molecule has 2 N–H and O–H groups in total. The number of nitrogens with one attached hydrogen (secondary N) is 2. The first-order chi connectivity index (χ1) is 12.6. The van der Waals surface area contributed by atoms with Crippen LogP contribution in [0.4, 0.5) is 0 Å². The summed E-state index contributed by atoms with van der Waals surface area (Å²) in [6.45, 7) is 9.14. The summed E-state index contributed by atoms with van der Waals surface area (Å²) < 4.78 is 0. The number of hydrogen-bond acceptors (Lipinski definition) is 4. The van der Waals surface area contributed by atoms with E-state index in [1.807, 2.05) is 6.92 Å². The second-order valence-electron chi connectivity index (χ2n) is 7.64. The summed E-state index contributed by atoms with van der Waals surface area (Å²) in [7, 11) is 0. The molecule has 1 unspecified atom stereocenters. The van der Waals surface area contributed by atoms with Gasteiger partial charge in [0, 0.05) is 38.8 Å². The molecule has 1 aliphatic heterocycles. The van der Waals surface area contributed by atoms with Gasteiger partial charge in [0.15, 0.2) is 0 Å². The van der Waals surface area contributed by atoms with Crippen LogP contribution in [-0.4, -0.2) is 73.5 Å². The molecule has 2 rings (SSSR count). The zero-order valence-electron chi connectivity index (χ0n) is 16.6. The molecular weight excluding hydrogens is 328 g/mol. The third-order valence-corrected chi connectivity index (χ3v) is 5.37. The predicted octanol–water partition coefficient (Wildman–Crippen LogP) is 1.53. The van der Waals surface area contributed by atoms with Crippen molar-refractivity contribution in [2.24, 2.45) is 0 Å². The van der Waals surface area contributed by atoms with Crippen LogP contribution in [0, 0.1) is 0 Å². The van der Waals surface area contributed by atoms with Gasteiger partial charge in [-0.1, -0.05) is 18.6 Å². The lowest BCUT2D eigenvalue weighted by atomic mass is 9.97. The van der Waals surface area contributed by atoms with Gasteiger partial charge >= 0.3 is 0 Å². The molecule has 148 valence electrons. The Bertz CT molecular complexity index is 484. The summed E-state index contributed by atoms with van der Waals surface area (Å²) in [5, 5.41) is 6.06. The Labute approximate surface area is 158 Å². The fraction of sp³-hybridized carbons (Fsp3) is 0.800. The van der Waals surface area contributed by atoms with Crippen LogP contribution < -0.4 is 10.6 Å². The highest BCUT2D eigenvalue weighted by Crippen LogP contribution is 2.19. The van der Waals surface area contributed by atoms with E-state index in [1.54, 1.807) is 0 Å². The first kappa shape index (κ1) is 20.9. The first-order valence-electron chi connectivity index (χ1n) is 10.3. The number of carbonyl (C=O) groups is 2. The van der Waals surface area contributed by atoms with E-state index < -0.39 is 0 Å². The SMILES string of the molecule is CCC(C)NC(=O)CN1CCN(CC(=O)NCCC2=CCCCC2)CC1. The fourth-order valence-corrected chi connectivity index (χ4v) is 3.48. The summed E-state index contributed by atoms with van der Waals surface area (Å²) in [6, 6.07) is 0.233. The van der Waals surface area contributed by atoms with E-state index in [1.165, 1.54) is 31.3 Å². The van der Waals surface area contributed by atoms with Crippen molar-refractivity contribution >= 4 is 11.8 Å². The summed E-state index contributed by atoms with van der Waals surface area (Å²) in [5.74, 6) is 0.215. The van der Waals surface area contributed by atoms with Crippen LogP contribution in [-0.2, 0) is 9.59 Å². The maximum absolute atomic E-state index is 12.1. The van der Waals surface area contributed by atoms with E-state index in [0.29, 0.717) is 13.1 Å². The van der Waals surface area contributed by atoms with Gasteiger partial charge in [-0.05, 0) is 45.4 Å². The molecule has 26 heavy (non-hydrogen) atoms. The third kappa shape index (κ3) is 7.87. The molecule has 0 saturated carbocycles. The van der Waals surface area contributed by atoms with E-state index >= 15 is 0 Å². The van der Waals surface area contributed by atoms with Gasteiger partial charge in [0.2, 0.25) is 11.8 Å². The summed E-state index contributed by atoms with van der Waals surface area (Å²) in [6.07, 6.45) is 9.27. The standard InChI is InChI=1S/C20H36N4O2/c1-3-17(2)22-20(26)16-24-13-11-23(12-14-24)15-19(25)21-10-9-18-7-5-4-6-8-18/h7,17H,3-6,8-16H2,1-2H3,(H,21,25)(H,22,26). The van der Waals surface area contributed by atoms with Crippen molar-refractivity contribution in [2.75, 3.05) is 45.8 Å². The molecule has 0 bridgehead atoms. The molecule has 0 spiro atoms. The van der Waals surface area contributed by atoms with E-state index in [9.17, 15) is 9.59 Å². The van der Waals surface area contributed by atoms with Crippen molar-refractivity contribution in [3.05, 3.63) is 11.6 Å². The molecule has 1 aliphatic carbocycles. The van der Waals surface area contributed by atoms with Crippen molar-refractivity contribution in [3.8, 4) is 0 Å². The van der Waals surface area contributed by atoms with Crippen LogP contribution in [0.2, 0.25) is 0 Å². The zero-order chi connectivity index (χ0) is 18.8. The maximum atomic E-state index is 12.1. The summed E-state index contributed by atoms with van der Waals surface area (Å²) >= 11 is 0. The number of carbonyl (C=O) groups excluding carboxylic acids is 2. The molecular formula is C20H36N4O2. The molecule has 0 aromatic carbocycles. The predicted molar refractivity (Wildman–Crippen MR) is 105 cm³/mol. The largest absolute Gasteiger partial charge is 0.355 e. The van der Waals surface area contributed by atoms with E-state index in [4.69, 9.17) is 0 Å². The van der Waals surface area contributed by atoms with Crippen LogP contribution in [0.1, 0.15) is 52.4 Å². The lowest BCUT2D eigenvalue weighted by Crippen LogP contribution is -2.52. The van der Waals surface area contributed by atoms with Crippen molar-refractivity contribution in [3.63, 3.8) is 0 Å². The first-order valence-corrected chi connectivity index (χ1v) is 10.3. The number of amides is 2. The molecule has 1 saturated heterocycles. The Morgan fingerprint density at radius 2 is 1.73 bits per heavy atom. The molecule has 1 atom stereocenters. The van der Waals surface area contributed by atoms with Gasteiger partial charge in [-0.3, -0.25) is 19.4 Å². The van der Waals surface area contributed by atoms with Gasteiger partial charge in [-0.15, -0.1) is 0 Å². The second kappa shape index (κ2) is 11.3. The van der Waals surface area contributed by atoms with Crippen LogP contribution >= 0.6 is 0 Å². The number of allylic oxidation sites excluding steroid dienone is 1. The topological polar surface area (TPSA) is 64.7 Å². The molecule has 1 heterocycles. The van der Waals surface area contributed by atoms with Crippen LogP contribution in [0.3, 0.4) is 0 Å². The molecule has 1 fully saturated rings. The van der Waals surface area contributed by atoms with Gasteiger partial charge in [-0.2, -0.15) is 0 Å². The third-order valence-electron chi connectivity index (χ3n) is 5.37. The smallest absolute Gasteiger partial charge is 0.234 e. The molecule has 6 heteroatoms. The Hall–Kier alpha value is -1.40. The van der Waals surface area contributed by atoms with Gasteiger partial charge in [0.05, 0.1) is 13.1 Å². The zero-order valence-corrected chi connectivity index (χ0v) is 16.6. The normalized spacial score (nSPS) is 20.3. The van der Waals surface area contributed by atoms with Crippen molar-refractivity contribution < 1.29 is 9.59 Å². The number of rotatable bonds is 9. The van der Waals surface area contributed by atoms with Crippen LogP contribution in [0.25, 0.3) is 0 Å². The van der Waals surface area contributed by atoms with Gasteiger partial charge < -0.3 is 10.6 Å². The minimum Gasteiger partial charge on any atom is -0.355 e. The van der Waals surface area contributed by atoms with Crippen LogP contribution in [0.15, 0.2) is 11.6 Å². The van der Waals surface area contributed by atoms with E-state index in [2.05, 4.69) is 33.4 Å². The number of nitrogens with zero attached hydrogens (tertiary/aromatic N) is 2. The quantitative estimate of drug-likeness (QED) is 0.609. The van der Waals surface area contributed by atoms with Crippen molar-refractivity contribution in [2.45, 2.75) is 58.4 Å². The monoisotopic (exact) mass is 364 g/mol. The average molecular weight is 365 g/mol. The second-order valence-corrected chi connectivity index (χ2v) is 7.64. The minimum atomic E-state index is 0.0996. The molecule has 0 radical (unpaired) electrons. The Kier molecular flexibility index (Phi) is 9.12. The average Bonchev–Trinajstić information content (AvgIpc) is 2.64. The highest BCUT2D eigenvalue weighted by atomic mass is 16.2. The van der Waals surface area contributed by atoms with Crippen LogP contribution in [0.5, 0.6) is 0 Å². The van der Waals surface area contributed by atoms with E-state index in [-0.39, 0.29) is 17.9 Å².